The van der Waals surface area contributed by atoms with Crippen molar-refractivity contribution in [3.05, 3.63) is 36.3 Å². The molecular weight excluding hydrogens is 194 g/mol. The van der Waals surface area contributed by atoms with E-state index in [0.29, 0.717) is 5.69 Å². The SMILES string of the molecule is Cn1nc(-c2ccncc2)cc1C(=O)O. The van der Waals surface area contributed by atoms with Crippen LogP contribution in [0.25, 0.3) is 11.3 Å². The van der Waals surface area contributed by atoms with Crippen molar-refractivity contribution < 1.29 is 9.90 Å². The van der Waals surface area contributed by atoms with Crippen LogP contribution < -0.4 is 0 Å². The molecule has 1 N–H and O–H groups in total. The summed E-state index contributed by atoms with van der Waals surface area (Å²) in [7, 11) is 1.61. The molecule has 0 unspecified atom stereocenters. The number of rotatable bonds is 2. The first-order valence-corrected chi connectivity index (χ1v) is 4.36. The highest BCUT2D eigenvalue weighted by Crippen LogP contribution is 2.17. The van der Waals surface area contributed by atoms with Crippen LogP contribution >= 0.6 is 0 Å². The lowest BCUT2D eigenvalue weighted by molar-refractivity contribution is 0.0685. The molecule has 0 saturated carbocycles. The lowest BCUT2D eigenvalue weighted by Gasteiger charge is -1.93. The fourth-order valence-corrected chi connectivity index (χ4v) is 1.33. The Hall–Kier alpha value is -2.17. The summed E-state index contributed by atoms with van der Waals surface area (Å²) in [5, 5.41) is 13.0. The van der Waals surface area contributed by atoms with Crippen LogP contribution in [0, 0.1) is 0 Å². The first-order valence-electron chi connectivity index (χ1n) is 4.36. The van der Waals surface area contributed by atoms with Gasteiger partial charge in [0.25, 0.3) is 0 Å². The second-order valence-electron chi connectivity index (χ2n) is 3.08. The van der Waals surface area contributed by atoms with Crippen molar-refractivity contribution in [1.82, 2.24) is 14.8 Å². The minimum atomic E-state index is -0.981. The maximum atomic E-state index is 10.8. The normalized spacial score (nSPS) is 10.2. The standard InChI is InChI=1S/C10H9N3O2/c1-13-9(10(14)15)6-8(12-13)7-2-4-11-5-3-7/h2-6H,1H3,(H,14,15). The molecule has 0 radical (unpaired) electrons. The molecular formula is C10H9N3O2. The summed E-state index contributed by atoms with van der Waals surface area (Å²) in [6, 6.07) is 5.11. The van der Waals surface area contributed by atoms with E-state index in [0.717, 1.165) is 5.56 Å². The number of carboxylic acids is 1. The van der Waals surface area contributed by atoms with Gasteiger partial charge in [-0.05, 0) is 18.2 Å². The quantitative estimate of drug-likeness (QED) is 0.795. The number of aromatic carboxylic acids is 1. The zero-order valence-corrected chi connectivity index (χ0v) is 8.08. The summed E-state index contributed by atoms with van der Waals surface area (Å²) in [5.41, 5.74) is 1.66. The van der Waals surface area contributed by atoms with Crippen LogP contribution in [0.2, 0.25) is 0 Å². The number of aromatic nitrogens is 3. The minimum absolute atomic E-state index is 0.168. The molecule has 0 atom stereocenters. The first-order chi connectivity index (χ1) is 7.18. The zero-order chi connectivity index (χ0) is 10.8. The van der Waals surface area contributed by atoms with E-state index in [1.54, 1.807) is 31.6 Å². The van der Waals surface area contributed by atoms with Crippen molar-refractivity contribution in [1.29, 1.82) is 0 Å². The van der Waals surface area contributed by atoms with E-state index >= 15 is 0 Å². The molecule has 0 bridgehead atoms. The monoisotopic (exact) mass is 203 g/mol. The van der Waals surface area contributed by atoms with Crippen LogP contribution in [0.4, 0.5) is 0 Å². The van der Waals surface area contributed by atoms with E-state index in [2.05, 4.69) is 10.1 Å². The van der Waals surface area contributed by atoms with Gasteiger partial charge in [-0.15, -0.1) is 0 Å². The van der Waals surface area contributed by atoms with Gasteiger partial charge in [0.05, 0.1) is 5.69 Å². The molecule has 5 nitrogen and oxygen atoms in total. The largest absolute Gasteiger partial charge is 0.477 e. The summed E-state index contributed by atoms with van der Waals surface area (Å²) in [6.45, 7) is 0. The predicted molar refractivity (Wildman–Crippen MR) is 53.4 cm³/mol. The third-order valence-electron chi connectivity index (χ3n) is 2.08. The van der Waals surface area contributed by atoms with Crippen LogP contribution in [0.1, 0.15) is 10.5 Å². The number of hydrogen-bond acceptors (Lipinski definition) is 3. The predicted octanol–water partition coefficient (Wildman–Crippen LogP) is 1.18. The molecule has 0 spiro atoms. The van der Waals surface area contributed by atoms with Gasteiger partial charge in [0.1, 0.15) is 5.69 Å². The number of carbonyl (C=O) groups is 1. The average Bonchev–Trinajstić information content (AvgIpc) is 2.62. The average molecular weight is 203 g/mol. The molecule has 5 heteroatoms. The van der Waals surface area contributed by atoms with Crippen molar-refractivity contribution in [2.75, 3.05) is 0 Å². The highest BCUT2D eigenvalue weighted by Gasteiger charge is 2.12. The van der Waals surface area contributed by atoms with Crippen molar-refractivity contribution in [3.63, 3.8) is 0 Å². The topological polar surface area (TPSA) is 68.0 Å². The lowest BCUT2D eigenvalue weighted by Crippen LogP contribution is -2.04. The third-order valence-corrected chi connectivity index (χ3v) is 2.08. The van der Waals surface area contributed by atoms with Gasteiger partial charge in [0.2, 0.25) is 0 Å². The van der Waals surface area contributed by atoms with E-state index in [1.807, 2.05) is 0 Å². The summed E-state index contributed by atoms with van der Waals surface area (Å²) in [4.78, 5) is 14.7. The van der Waals surface area contributed by atoms with Crippen molar-refractivity contribution in [2.24, 2.45) is 7.05 Å². The lowest BCUT2D eigenvalue weighted by atomic mass is 10.2. The number of hydrogen-bond donors (Lipinski definition) is 1. The molecule has 76 valence electrons. The number of pyridine rings is 1. The molecule has 0 aromatic carbocycles. The Balaban J connectivity index is 2.48. The summed E-state index contributed by atoms with van der Waals surface area (Å²) >= 11 is 0. The second kappa shape index (κ2) is 3.53. The van der Waals surface area contributed by atoms with Gasteiger partial charge in [-0.3, -0.25) is 9.67 Å². The fraction of sp³-hybridized carbons (Fsp3) is 0.100. The zero-order valence-electron chi connectivity index (χ0n) is 8.08. The van der Waals surface area contributed by atoms with Crippen molar-refractivity contribution >= 4 is 5.97 Å². The summed E-state index contributed by atoms with van der Waals surface area (Å²) < 4.78 is 1.35. The van der Waals surface area contributed by atoms with Gasteiger partial charge >= 0.3 is 5.97 Å². The van der Waals surface area contributed by atoms with E-state index in [9.17, 15) is 4.79 Å². The highest BCUT2D eigenvalue weighted by molar-refractivity contribution is 5.87. The molecule has 0 aliphatic carbocycles. The van der Waals surface area contributed by atoms with E-state index < -0.39 is 5.97 Å². The number of carboxylic acid groups (broad SMARTS) is 1. The maximum absolute atomic E-state index is 10.8. The maximum Gasteiger partial charge on any atom is 0.354 e. The summed E-state index contributed by atoms with van der Waals surface area (Å²) in [6.07, 6.45) is 3.29. The molecule has 0 amide bonds. The van der Waals surface area contributed by atoms with Gasteiger partial charge in [-0.2, -0.15) is 5.10 Å². The Morgan fingerprint density at radius 2 is 2.07 bits per heavy atom. The molecule has 2 rings (SSSR count). The number of nitrogens with zero attached hydrogens (tertiary/aromatic N) is 3. The van der Waals surface area contributed by atoms with Crippen LogP contribution in [-0.2, 0) is 7.05 Å². The van der Waals surface area contributed by atoms with Gasteiger partial charge in [0.15, 0.2) is 0 Å². The molecule has 2 aromatic heterocycles. The summed E-state index contributed by atoms with van der Waals surface area (Å²) in [5.74, 6) is -0.981. The minimum Gasteiger partial charge on any atom is -0.477 e. The van der Waals surface area contributed by atoms with Gasteiger partial charge < -0.3 is 5.11 Å². The van der Waals surface area contributed by atoms with Crippen LogP contribution in [0.15, 0.2) is 30.6 Å². The Kier molecular flexibility index (Phi) is 2.21. The Morgan fingerprint density at radius 1 is 1.40 bits per heavy atom. The van der Waals surface area contributed by atoms with Crippen LogP contribution in [0.5, 0.6) is 0 Å². The Labute approximate surface area is 86.0 Å². The molecule has 2 aromatic rings. The molecule has 0 saturated heterocycles. The van der Waals surface area contributed by atoms with Gasteiger partial charge in [-0.1, -0.05) is 0 Å². The van der Waals surface area contributed by atoms with Crippen molar-refractivity contribution in [3.8, 4) is 11.3 Å². The van der Waals surface area contributed by atoms with Crippen LogP contribution in [0.3, 0.4) is 0 Å². The molecule has 15 heavy (non-hydrogen) atoms. The van der Waals surface area contributed by atoms with Gasteiger partial charge in [0, 0.05) is 25.0 Å². The van der Waals surface area contributed by atoms with E-state index in [-0.39, 0.29) is 5.69 Å². The molecule has 2 heterocycles. The molecule has 0 aliphatic rings. The second-order valence-corrected chi connectivity index (χ2v) is 3.08. The first kappa shape index (κ1) is 9.39. The number of aryl methyl sites for hydroxylation is 1. The molecule has 0 fully saturated rings. The Morgan fingerprint density at radius 3 is 2.60 bits per heavy atom. The van der Waals surface area contributed by atoms with Crippen LogP contribution in [-0.4, -0.2) is 25.8 Å². The van der Waals surface area contributed by atoms with E-state index in [4.69, 9.17) is 5.11 Å². The third kappa shape index (κ3) is 1.71. The highest BCUT2D eigenvalue weighted by atomic mass is 16.4. The fourth-order valence-electron chi connectivity index (χ4n) is 1.33. The van der Waals surface area contributed by atoms with E-state index in [1.165, 1.54) is 10.7 Å². The molecule has 0 aliphatic heterocycles. The Bertz CT molecular complexity index is 491. The smallest absolute Gasteiger partial charge is 0.354 e. The van der Waals surface area contributed by atoms with Crippen molar-refractivity contribution in [2.45, 2.75) is 0 Å². The van der Waals surface area contributed by atoms with Gasteiger partial charge in [-0.25, -0.2) is 4.79 Å².